The topological polar surface area (TPSA) is 95.1 Å². The Balaban J connectivity index is 1.82. The number of H-pyrrole nitrogens is 1. The highest BCUT2D eigenvalue weighted by molar-refractivity contribution is 5.84. The average Bonchev–Trinajstić information content (AvgIpc) is 2.91. The number of carbonyl (C=O) groups excluding carboxylic acids is 1. The molecular formula is C13H19N3O3. The minimum Gasteiger partial charge on any atom is -0.481 e. The molecule has 2 unspecified atom stereocenters. The van der Waals surface area contributed by atoms with Crippen LogP contribution in [0, 0.1) is 11.8 Å². The maximum absolute atomic E-state index is 12.0. The van der Waals surface area contributed by atoms with Crippen LogP contribution in [0.2, 0.25) is 0 Å². The van der Waals surface area contributed by atoms with Crippen molar-refractivity contribution in [1.29, 1.82) is 0 Å². The fourth-order valence-electron chi connectivity index (χ4n) is 2.61. The summed E-state index contributed by atoms with van der Waals surface area (Å²) in [4.78, 5) is 30.2. The van der Waals surface area contributed by atoms with Gasteiger partial charge in [-0.15, -0.1) is 0 Å². The maximum Gasteiger partial charge on any atom is 0.307 e. The molecule has 19 heavy (non-hydrogen) atoms. The first-order valence-electron chi connectivity index (χ1n) is 6.67. The summed E-state index contributed by atoms with van der Waals surface area (Å²) in [5.41, 5.74) is 0. The molecule has 2 rings (SSSR count). The van der Waals surface area contributed by atoms with Crippen LogP contribution in [0.25, 0.3) is 0 Å². The molecule has 1 aromatic heterocycles. The van der Waals surface area contributed by atoms with Crippen molar-refractivity contribution in [2.75, 3.05) is 6.54 Å². The summed E-state index contributed by atoms with van der Waals surface area (Å²) in [5, 5.41) is 12.0. The smallest absolute Gasteiger partial charge is 0.307 e. The highest BCUT2D eigenvalue weighted by Gasteiger charge is 2.35. The second kappa shape index (κ2) is 6.36. The van der Waals surface area contributed by atoms with Gasteiger partial charge in [0.15, 0.2) is 0 Å². The van der Waals surface area contributed by atoms with E-state index < -0.39 is 11.9 Å². The molecular weight excluding hydrogens is 246 g/mol. The van der Waals surface area contributed by atoms with E-state index in [2.05, 4.69) is 15.3 Å². The number of aromatic amines is 1. The summed E-state index contributed by atoms with van der Waals surface area (Å²) < 4.78 is 0. The predicted octanol–water partition coefficient (Wildman–Crippen LogP) is 0.959. The number of amides is 1. The van der Waals surface area contributed by atoms with E-state index in [9.17, 15) is 9.59 Å². The number of hydrogen-bond donors (Lipinski definition) is 3. The van der Waals surface area contributed by atoms with Gasteiger partial charge in [0.1, 0.15) is 5.82 Å². The van der Waals surface area contributed by atoms with E-state index in [-0.39, 0.29) is 11.8 Å². The minimum absolute atomic E-state index is 0.140. The van der Waals surface area contributed by atoms with Gasteiger partial charge in [0.05, 0.1) is 11.8 Å². The fourth-order valence-corrected chi connectivity index (χ4v) is 2.61. The van der Waals surface area contributed by atoms with Gasteiger partial charge in [0.25, 0.3) is 0 Å². The lowest BCUT2D eigenvalue weighted by atomic mass is 9.79. The van der Waals surface area contributed by atoms with Crippen molar-refractivity contribution in [3.8, 4) is 0 Å². The molecule has 0 aromatic carbocycles. The van der Waals surface area contributed by atoms with E-state index >= 15 is 0 Å². The molecule has 0 aliphatic heterocycles. The van der Waals surface area contributed by atoms with E-state index in [0.717, 1.165) is 18.7 Å². The van der Waals surface area contributed by atoms with Crippen molar-refractivity contribution in [2.45, 2.75) is 32.1 Å². The van der Waals surface area contributed by atoms with Crippen molar-refractivity contribution in [3.63, 3.8) is 0 Å². The summed E-state index contributed by atoms with van der Waals surface area (Å²) in [5.74, 6) is -1.09. The van der Waals surface area contributed by atoms with E-state index in [1.165, 1.54) is 0 Å². The summed E-state index contributed by atoms with van der Waals surface area (Å²) >= 11 is 0. The first-order chi connectivity index (χ1) is 9.18. The zero-order valence-electron chi connectivity index (χ0n) is 10.8. The van der Waals surface area contributed by atoms with E-state index in [4.69, 9.17) is 5.11 Å². The second-order valence-corrected chi connectivity index (χ2v) is 4.91. The van der Waals surface area contributed by atoms with Crippen LogP contribution in [-0.4, -0.2) is 33.5 Å². The third-order valence-electron chi connectivity index (χ3n) is 3.64. The zero-order chi connectivity index (χ0) is 13.7. The van der Waals surface area contributed by atoms with Crippen LogP contribution < -0.4 is 5.32 Å². The Kier molecular flexibility index (Phi) is 4.54. The van der Waals surface area contributed by atoms with Crippen LogP contribution in [0.5, 0.6) is 0 Å². The lowest BCUT2D eigenvalue weighted by Crippen LogP contribution is -2.40. The standard InChI is InChI=1S/C13H19N3O3/c17-12(16-6-5-11-14-7-8-15-11)9-3-1-2-4-10(9)13(18)19/h7-10H,1-6H2,(H,14,15)(H,16,17)(H,18,19). The Hall–Kier alpha value is -1.85. The zero-order valence-corrected chi connectivity index (χ0v) is 10.8. The molecule has 1 heterocycles. The largest absolute Gasteiger partial charge is 0.481 e. The number of aromatic nitrogens is 2. The normalized spacial score (nSPS) is 22.9. The number of nitrogens with one attached hydrogen (secondary N) is 2. The second-order valence-electron chi connectivity index (χ2n) is 4.91. The van der Waals surface area contributed by atoms with E-state index in [1.807, 2.05) is 0 Å². The minimum atomic E-state index is -0.856. The van der Waals surface area contributed by atoms with Gasteiger partial charge < -0.3 is 15.4 Å². The first-order valence-corrected chi connectivity index (χ1v) is 6.67. The van der Waals surface area contributed by atoms with Gasteiger partial charge in [-0.25, -0.2) is 4.98 Å². The third-order valence-corrected chi connectivity index (χ3v) is 3.64. The van der Waals surface area contributed by atoms with Crippen LogP contribution in [0.15, 0.2) is 12.4 Å². The average molecular weight is 265 g/mol. The van der Waals surface area contributed by atoms with Crippen LogP contribution in [-0.2, 0) is 16.0 Å². The highest BCUT2D eigenvalue weighted by atomic mass is 16.4. The highest BCUT2D eigenvalue weighted by Crippen LogP contribution is 2.30. The Morgan fingerprint density at radius 1 is 1.37 bits per heavy atom. The molecule has 1 amide bonds. The molecule has 0 saturated heterocycles. The van der Waals surface area contributed by atoms with Gasteiger partial charge in [0, 0.05) is 25.4 Å². The lowest BCUT2D eigenvalue weighted by Gasteiger charge is -2.27. The van der Waals surface area contributed by atoms with Crippen LogP contribution in [0.1, 0.15) is 31.5 Å². The number of imidazole rings is 1. The van der Waals surface area contributed by atoms with Gasteiger partial charge in [-0.2, -0.15) is 0 Å². The number of rotatable bonds is 5. The van der Waals surface area contributed by atoms with Crippen molar-refractivity contribution in [1.82, 2.24) is 15.3 Å². The van der Waals surface area contributed by atoms with Gasteiger partial charge in [-0.3, -0.25) is 9.59 Å². The molecule has 6 heteroatoms. The Morgan fingerprint density at radius 3 is 2.74 bits per heavy atom. The summed E-state index contributed by atoms with van der Waals surface area (Å²) in [6.45, 7) is 0.481. The summed E-state index contributed by atoms with van der Waals surface area (Å²) in [7, 11) is 0. The predicted molar refractivity (Wildman–Crippen MR) is 68.4 cm³/mol. The quantitative estimate of drug-likeness (QED) is 0.739. The monoisotopic (exact) mass is 265 g/mol. The number of carboxylic acids is 1. The SMILES string of the molecule is O=C(O)C1CCCCC1C(=O)NCCc1ncc[nH]1. The molecule has 3 N–H and O–H groups in total. The fraction of sp³-hybridized carbons (Fsp3) is 0.615. The van der Waals surface area contributed by atoms with Gasteiger partial charge in [-0.05, 0) is 12.8 Å². The third kappa shape index (κ3) is 3.56. The summed E-state index contributed by atoms with van der Waals surface area (Å²) in [6.07, 6.45) is 7.13. The van der Waals surface area contributed by atoms with Crippen LogP contribution in [0.3, 0.4) is 0 Å². The number of hydrogen-bond acceptors (Lipinski definition) is 3. The Bertz CT molecular complexity index is 430. The molecule has 1 aliphatic rings. The molecule has 0 radical (unpaired) electrons. The van der Waals surface area contributed by atoms with Crippen molar-refractivity contribution >= 4 is 11.9 Å². The number of carbonyl (C=O) groups is 2. The number of nitrogens with zero attached hydrogens (tertiary/aromatic N) is 1. The number of aliphatic carboxylic acids is 1. The van der Waals surface area contributed by atoms with E-state index in [0.29, 0.717) is 25.8 Å². The molecule has 1 aromatic rings. The molecule has 2 atom stereocenters. The molecule has 0 bridgehead atoms. The molecule has 1 saturated carbocycles. The van der Waals surface area contributed by atoms with Crippen LogP contribution >= 0.6 is 0 Å². The van der Waals surface area contributed by atoms with Crippen LogP contribution in [0.4, 0.5) is 0 Å². The lowest BCUT2D eigenvalue weighted by molar-refractivity contribution is -0.148. The molecule has 1 fully saturated rings. The van der Waals surface area contributed by atoms with Gasteiger partial charge >= 0.3 is 5.97 Å². The Morgan fingerprint density at radius 2 is 2.11 bits per heavy atom. The van der Waals surface area contributed by atoms with Crippen molar-refractivity contribution in [2.24, 2.45) is 11.8 Å². The molecule has 6 nitrogen and oxygen atoms in total. The Labute approximate surface area is 111 Å². The van der Waals surface area contributed by atoms with Crippen molar-refractivity contribution in [3.05, 3.63) is 18.2 Å². The maximum atomic E-state index is 12.0. The first kappa shape index (κ1) is 13.6. The summed E-state index contributed by atoms with van der Waals surface area (Å²) in [6, 6.07) is 0. The van der Waals surface area contributed by atoms with Gasteiger partial charge in [-0.1, -0.05) is 12.8 Å². The van der Waals surface area contributed by atoms with Crippen molar-refractivity contribution < 1.29 is 14.7 Å². The number of carboxylic acid groups (broad SMARTS) is 1. The van der Waals surface area contributed by atoms with E-state index in [1.54, 1.807) is 12.4 Å². The molecule has 1 aliphatic carbocycles. The molecule has 0 spiro atoms. The molecule has 104 valence electrons. The van der Waals surface area contributed by atoms with Gasteiger partial charge in [0.2, 0.25) is 5.91 Å².